The quantitative estimate of drug-likeness (QED) is 0.587. The first-order valence-electron chi connectivity index (χ1n) is 5.82. The molecule has 2 aromatic rings. The topological polar surface area (TPSA) is 12.0 Å². The van der Waals surface area contributed by atoms with Gasteiger partial charge in [0.1, 0.15) is 0 Å². The predicted octanol–water partition coefficient (Wildman–Crippen LogP) is 5.96. The fraction of sp³-hybridized carbons (Fsp3) is 0.286. The molecule has 1 aromatic heterocycles. The van der Waals surface area contributed by atoms with Gasteiger partial charge in [0.25, 0.3) is 0 Å². The monoisotopic (exact) mass is 465 g/mol. The van der Waals surface area contributed by atoms with Crippen LogP contribution in [0.2, 0.25) is 0 Å². The number of halogens is 3. The van der Waals surface area contributed by atoms with Gasteiger partial charge in [-0.15, -0.1) is 11.3 Å². The van der Waals surface area contributed by atoms with E-state index in [-0.39, 0.29) is 6.04 Å². The van der Waals surface area contributed by atoms with E-state index in [0.717, 1.165) is 8.95 Å². The molecule has 0 aliphatic carbocycles. The van der Waals surface area contributed by atoms with Gasteiger partial charge in [-0.3, -0.25) is 0 Å². The summed E-state index contributed by atoms with van der Waals surface area (Å²) in [6.45, 7) is 4.22. The second kappa shape index (κ2) is 6.39. The molecule has 0 aliphatic rings. The van der Waals surface area contributed by atoms with E-state index in [1.807, 2.05) is 7.05 Å². The number of thiophene rings is 1. The normalized spacial score (nSPS) is 12.7. The molecule has 1 nitrogen and oxygen atoms in total. The van der Waals surface area contributed by atoms with Crippen LogP contribution in [0.15, 0.2) is 30.9 Å². The summed E-state index contributed by atoms with van der Waals surface area (Å²) < 4.78 is 3.47. The average Bonchev–Trinajstić information content (AvgIpc) is 2.67. The van der Waals surface area contributed by atoms with Gasteiger partial charge in [-0.25, -0.2) is 0 Å². The summed E-state index contributed by atoms with van der Waals surface area (Å²) in [6.07, 6.45) is 0. The summed E-state index contributed by atoms with van der Waals surface area (Å²) in [6, 6.07) is 6.76. The minimum atomic E-state index is 0.196. The predicted molar refractivity (Wildman–Crippen MR) is 94.2 cm³/mol. The zero-order valence-electron chi connectivity index (χ0n) is 10.9. The van der Waals surface area contributed by atoms with Gasteiger partial charge in [0, 0.05) is 13.8 Å². The summed E-state index contributed by atoms with van der Waals surface area (Å²) in [5.74, 6) is 0. The Hall–Kier alpha value is 0.320. The second-order valence-electron chi connectivity index (χ2n) is 4.45. The first-order valence-corrected chi connectivity index (χ1v) is 9.02. The van der Waals surface area contributed by atoms with Gasteiger partial charge in [0.2, 0.25) is 0 Å². The molecule has 0 spiro atoms. The summed E-state index contributed by atoms with van der Waals surface area (Å²) in [5, 5.41) is 3.40. The number of aryl methyl sites for hydroxylation is 2. The molecule has 1 atom stereocenters. The minimum Gasteiger partial charge on any atom is -0.309 e. The van der Waals surface area contributed by atoms with Crippen molar-refractivity contribution < 1.29 is 0 Å². The molecule has 0 fully saturated rings. The molecule has 1 aromatic carbocycles. The van der Waals surface area contributed by atoms with Gasteiger partial charge < -0.3 is 5.32 Å². The van der Waals surface area contributed by atoms with E-state index in [0.29, 0.717) is 0 Å². The molecule has 2 rings (SSSR count). The molecule has 0 saturated carbocycles. The highest BCUT2D eigenvalue weighted by Crippen LogP contribution is 2.38. The van der Waals surface area contributed by atoms with Gasteiger partial charge >= 0.3 is 0 Å². The van der Waals surface area contributed by atoms with Crippen molar-refractivity contribution >= 4 is 59.1 Å². The maximum absolute atomic E-state index is 3.68. The number of benzene rings is 1. The molecule has 1 N–H and O–H groups in total. The molecule has 102 valence electrons. The highest BCUT2D eigenvalue weighted by Gasteiger charge is 2.19. The second-order valence-corrected chi connectivity index (χ2v) is 8.56. The van der Waals surface area contributed by atoms with Crippen LogP contribution in [0.25, 0.3) is 0 Å². The fourth-order valence-corrected chi connectivity index (χ4v) is 4.71. The number of hydrogen-bond donors (Lipinski definition) is 1. The lowest BCUT2D eigenvalue weighted by atomic mass is 10.0. The van der Waals surface area contributed by atoms with Crippen molar-refractivity contribution in [2.75, 3.05) is 7.05 Å². The third-order valence-corrected chi connectivity index (χ3v) is 6.78. The lowest BCUT2D eigenvalue weighted by Crippen LogP contribution is -2.17. The van der Waals surface area contributed by atoms with E-state index >= 15 is 0 Å². The third-order valence-electron chi connectivity index (χ3n) is 3.04. The largest absolute Gasteiger partial charge is 0.309 e. The van der Waals surface area contributed by atoms with Crippen LogP contribution >= 0.6 is 59.1 Å². The fourth-order valence-electron chi connectivity index (χ4n) is 1.96. The molecule has 0 bridgehead atoms. The van der Waals surface area contributed by atoms with E-state index < -0.39 is 0 Å². The Morgan fingerprint density at radius 2 is 1.68 bits per heavy atom. The SMILES string of the molecule is CNC(c1cc(C)c(Br)s1)c1cc(Br)c(C)cc1Br. The highest BCUT2D eigenvalue weighted by molar-refractivity contribution is 9.11. The van der Waals surface area contributed by atoms with Crippen molar-refractivity contribution in [2.24, 2.45) is 0 Å². The zero-order valence-corrected chi connectivity index (χ0v) is 16.4. The molecule has 0 radical (unpaired) electrons. The Labute approximate surface area is 143 Å². The van der Waals surface area contributed by atoms with Crippen molar-refractivity contribution in [3.8, 4) is 0 Å². The standard InChI is InChI=1S/C14H14Br3NS/c1-7-4-11(16)9(6-10(7)15)13(18-3)12-5-8(2)14(17)19-12/h4-6,13,18H,1-3H3. The Balaban J connectivity index is 2.50. The van der Waals surface area contributed by atoms with Gasteiger partial charge in [-0.05, 0) is 71.7 Å². The van der Waals surface area contributed by atoms with Crippen LogP contribution in [0, 0.1) is 13.8 Å². The maximum atomic E-state index is 3.68. The van der Waals surface area contributed by atoms with Gasteiger partial charge in [-0.1, -0.05) is 31.9 Å². The summed E-state index contributed by atoms with van der Waals surface area (Å²) in [5.41, 5.74) is 3.75. The first-order chi connectivity index (χ1) is 8.93. The van der Waals surface area contributed by atoms with E-state index in [9.17, 15) is 0 Å². The number of nitrogens with one attached hydrogen (secondary N) is 1. The van der Waals surface area contributed by atoms with Crippen LogP contribution < -0.4 is 5.32 Å². The minimum absolute atomic E-state index is 0.196. The van der Waals surface area contributed by atoms with E-state index in [1.54, 1.807) is 11.3 Å². The smallest absolute Gasteiger partial charge is 0.0731 e. The number of rotatable bonds is 3. The number of hydrogen-bond acceptors (Lipinski definition) is 2. The molecular formula is C14H14Br3NS. The van der Waals surface area contributed by atoms with Crippen molar-refractivity contribution in [3.63, 3.8) is 0 Å². The Kier molecular flexibility index (Phi) is 5.28. The van der Waals surface area contributed by atoms with Crippen molar-refractivity contribution in [1.82, 2.24) is 5.32 Å². The van der Waals surface area contributed by atoms with E-state index in [2.05, 4.69) is 85.2 Å². The molecule has 0 saturated heterocycles. The molecule has 1 heterocycles. The van der Waals surface area contributed by atoms with Gasteiger partial charge in [0.15, 0.2) is 0 Å². The Morgan fingerprint density at radius 1 is 1.00 bits per heavy atom. The van der Waals surface area contributed by atoms with Gasteiger partial charge in [0.05, 0.1) is 9.83 Å². The van der Waals surface area contributed by atoms with E-state index in [4.69, 9.17) is 0 Å². The van der Waals surface area contributed by atoms with Crippen molar-refractivity contribution in [1.29, 1.82) is 0 Å². The third kappa shape index (κ3) is 3.32. The van der Waals surface area contributed by atoms with Crippen LogP contribution in [0.4, 0.5) is 0 Å². The van der Waals surface area contributed by atoms with E-state index in [1.165, 1.54) is 25.4 Å². The molecule has 1 unspecified atom stereocenters. The molecule has 0 aliphatic heterocycles. The van der Waals surface area contributed by atoms with Crippen LogP contribution in [0.5, 0.6) is 0 Å². The lowest BCUT2D eigenvalue weighted by Gasteiger charge is -2.18. The Bertz CT molecular complexity index is 587. The molecule has 5 heteroatoms. The van der Waals surface area contributed by atoms with Gasteiger partial charge in [-0.2, -0.15) is 0 Å². The van der Waals surface area contributed by atoms with Crippen molar-refractivity contribution in [3.05, 3.63) is 52.5 Å². The van der Waals surface area contributed by atoms with Crippen LogP contribution in [-0.4, -0.2) is 7.05 Å². The first kappa shape index (κ1) is 15.7. The highest BCUT2D eigenvalue weighted by atomic mass is 79.9. The summed E-state index contributed by atoms with van der Waals surface area (Å²) in [7, 11) is 1.99. The lowest BCUT2D eigenvalue weighted by molar-refractivity contribution is 0.700. The summed E-state index contributed by atoms with van der Waals surface area (Å²) >= 11 is 12.7. The maximum Gasteiger partial charge on any atom is 0.0731 e. The van der Waals surface area contributed by atoms with Crippen LogP contribution in [-0.2, 0) is 0 Å². The zero-order chi connectivity index (χ0) is 14.2. The Morgan fingerprint density at radius 3 is 2.21 bits per heavy atom. The molecule has 19 heavy (non-hydrogen) atoms. The van der Waals surface area contributed by atoms with Crippen LogP contribution in [0.1, 0.15) is 27.6 Å². The molecule has 0 amide bonds. The van der Waals surface area contributed by atoms with Crippen LogP contribution in [0.3, 0.4) is 0 Å². The summed E-state index contributed by atoms with van der Waals surface area (Å²) in [4.78, 5) is 1.31. The van der Waals surface area contributed by atoms with Crippen molar-refractivity contribution in [2.45, 2.75) is 19.9 Å². The average molecular weight is 468 g/mol. The molecular weight excluding hydrogens is 454 g/mol.